The lowest BCUT2D eigenvalue weighted by atomic mass is 10.0. The minimum atomic E-state index is 0.0161. The summed E-state index contributed by atoms with van der Waals surface area (Å²) in [6.45, 7) is 4.93. The maximum Gasteiger partial charge on any atom is 0.274 e. The van der Waals surface area contributed by atoms with Gasteiger partial charge in [-0.25, -0.2) is 15.0 Å². The van der Waals surface area contributed by atoms with Crippen LogP contribution in [0.1, 0.15) is 55.9 Å². The molecule has 138 valence electrons. The third-order valence-electron chi connectivity index (χ3n) is 5.44. The van der Waals surface area contributed by atoms with Crippen molar-refractivity contribution >= 4 is 11.7 Å². The van der Waals surface area contributed by atoms with E-state index in [4.69, 9.17) is 0 Å². The fourth-order valence-corrected chi connectivity index (χ4v) is 3.89. The van der Waals surface area contributed by atoms with Crippen LogP contribution in [0, 0.1) is 0 Å². The summed E-state index contributed by atoms with van der Waals surface area (Å²) in [5.74, 6) is 1.71. The van der Waals surface area contributed by atoms with E-state index in [0.717, 1.165) is 44.1 Å². The zero-order valence-electron chi connectivity index (χ0n) is 15.3. The molecule has 2 saturated heterocycles. The molecule has 1 amide bonds. The van der Waals surface area contributed by atoms with E-state index in [2.05, 4.69) is 26.8 Å². The maximum atomic E-state index is 12.6. The summed E-state index contributed by atoms with van der Waals surface area (Å²) in [6.07, 6.45) is 12.1. The number of anilines is 1. The van der Waals surface area contributed by atoms with Crippen LogP contribution in [0.15, 0.2) is 24.9 Å². The Morgan fingerprint density at radius 2 is 1.77 bits per heavy atom. The van der Waals surface area contributed by atoms with Crippen molar-refractivity contribution in [3.8, 4) is 5.82 Å². The molecule has 0 unspecified atom stereocenters. The minimum Gasteiger partial charge on any atom is -0.354 e. The van der Waals surface area contributed by atoms with Crippen LogP contribution in [0.25, 0.3) is 5.82 Å². The molecule has 1 atom stereocenters. The molecule has 0 aliphatic carbocycles. The second kappa shape index (κ2) is 7.43. The lowest BCUT2D eigenvalue weighted by Gasteiger charge is -2.34. The summed E-state index contributed by atoms with van der Waals surface area (Å²) in [4.78, 5) is 30.0. The van der Waals surface area contributed by atoms with Crippen molar-refractivity contribution in [2.75, 3.05) is 24.5 Å². The van der Waals surface area contributed by atoms with Crippen LogP contribution < -0.4 is 4.90 Å². The first-order valence-electron chi connectivity index (χ1n) is 9.65. The van der Waals surface area contributed by atoms with Gasteiger partial charge in [0.15, 0.2) is 0 Å². The number of carbonyl (C=O) groups excluding carboxylic acids is 1. The quantitative estimate of drug-likeness (QED) is 0.848. The number of imidazole rings is 1. The molecule has 26 heavy (non-hydrogen) atoms. The van der Waals surface area contributed by atoms with Crippen molar-refractivity contribution < 1.29 is 4.79 Å². The molecule has 0 bridgehead atoms. The molecule has 2 fully saturated rings. The lowest BCUT2D eigenvalue weighted by molar-refractivity contribution is 0.0719. The molecule has 0 aromatic carbocycles. The number of amides is 1. The number of hydrogen-bond acceptors (Lipinski definition) is 5. The molecule has 0 radical (unpaired) electrons. The standard InChI is InChI=1S/C19H26N6O/c1-15-7-3-6-10-25(15)18-11-17(20-13-21-18)24-12-16(22-14-24)19(26)23-8-4-2-5-9-23/h11-15H,2-10H2,1H3/t15-/m1/s1. The molecule has 2 aliphatic rings. The number of aromatic nitrogens is 4. The average Bonchev–Trinajstić information content (AvgIpc) is 3.19. The van der Waals surface area contributed by atoms with Gasteiger partial charge in [0.2, 0.25) is 0 Å². The Hall–Kier alpha value is -2.44. The Bertz CT molecular complexity index is 767. The van der Waals surface area contributed by atoms with Gasteiger partial charge in [0.1, 0.15) is 30.0 Å². The number of hydrogen-bond donors (Lipinski definition) is 0. The Labute approximate surface area is 154 Å². The van der Waals surface area contributed by atoms with Crippen LogP contribution >= 0.6 is 0 Å². The molecule has 4 rings (SSSR count). The van der Waals surface area contributed by atoms with E-state index in [1.54, 1.807) is 18.9 Å². The first-order valence-corrected chi connectivity index (χ1v) is 9.65. The summed E-state index contributed by atoms with van der Waals surface area (Å²) in [5, 5.41) is 0. The smallest absolute Gasteiger partial charge is 0.274 e. The molecule has 0 saturated carbocycles. The second-order valence-electron chi connectivity index (χ2n) is 7.29. The average molecular weight is 354 g/mol. The Kier molecular flexibility index (Phi) is 4.86. The van der Waals surface area contributed by atoms with E-state index in [1.165, 1.54) is 25.7 Å². The van der Waals surface area contributed by atoms with Gasteiger partial charge < -0.3 is 9.80 Å². The molecule has 7 nitrogen and oxygen atoms in total. The van der Waals surface area contributed by atoms with Gasteiger partial charge in [0.05, 0.1) is 0 Å². The highest BCUT2D eigenvalue weighted by molar-refractivity contribution is 5.92. The highest BCUT2D eigenvalue weighted by atomic mass is 16.2. The number of carbonyl (C=O) groups is 1. The Balaban J connectivity index is 1.54. The van der Waals surface area contributed by atoms with Crippen LogP contribution in [-0.4, -0.2) is 56.0 Å². The maximum absolute atomic E-state index is 12.6. The topological polar surface area (TPSA) is 67.2 Å². The molecular weight excluding hydrogens is 328 g/mol. The van der Waals surface area contributed by atoms with Gasteiger partial charge >= 0.3 is 0 Å². The third-order valence-corrected chi connectivity index (χ3v) is 5.44. The van der Waals surface area contributed by atoms with Crippen molar-refractivity contribution in [1.29, 1.82) is 0 Å². The van der Waals surface area contributed by atoms with Gasteiger partial charge in [-0.15, -0.1) is 0 Å². The number of likely N-dealkylation sites (tertiary alicyclic amines) is 1. The summed E-state index contributed by atoms with van der Waals surface area (Å²) < 4.78 is 1.82. The van der Waals surface area contributed by atoms with E-state index < -0.39 is 0 Å². The van der Waals surface area contributed by atoms with E-state index in [-0.39, 0.29) is 5.91 Å². The van der Waals surface area contributed by atoms with Crippen molar-refractivity contribution in [2.45, 2.75) is 51.5 Å². The molecule has 2 aromatic heterocycles. The van der Waals surface area contributed by atoms with Crippen LogP contribution in [0.5, 0.6) is 0 Å². The Morgan fingerprint density at radius 3 is 2.58 bits per heavy atom. The van der Waals surface area contributed by atoms with Crippen LogP contribution in [-0.2, 0) is 0 Å². The first-order chi connectivity index (χ1) is 12.7. The third kappa shape index (κ3) is 3.43. The van der Waals surface area contributed by atoms with Crippen LogP contribution in [0.4, 0.5) is 5.82 Å². The zero-order valence-corrected chi connectivity index (χ0v) is 15.3. The van der Waals surface area contributed by atoms with Crippen molar-refractivity contribution in [3.05, 3.63) is 30.6 Å². The summed E-state index contributed by atoms with van der Waals surface area (Å²) in [6, 6.07) is 2.48. The summed E-state index contributed by atoms with van der Waals surface area (Å²) in [5.41, 5.74) is 0.485. The lowest BCUT2D eigenvalue weighted by Crippen LogP contribution is -2.38. The largest absolute Gasteiger partial charge is 0.354 e. The second-order valence-corrected chi connectivity index (χ2v) is 7.29. The number of nitrogens with zero attached hydrogens (tertiary/aromatic N) is 6. The van der Waals surface area contributed by atoms with Gasteiger partial charge in [0.25, 0.3) is 5.91 Å². The normalized spacial score (nSPS) is 21.0. The molecule has 0 spiro atoms. The fourth-order valence-electron chi connectivity index (χ4n) is 3.89. The van der Waals surface area contributed by atoms with Gasteiger partial charge in [0, 0.05) is 37.9 Å². The molecule has 0 N–H and O–H groups in total. The zero-order chi connectivity index (χ0) is 17.9. The highest BCUT2D eigenvalue weighted by Gasteiger charge is 2.22. The molecule has 2 aliphatic heterocycles. The predicted molar refractivity (Wildman–Crippen MR) is 99.6 cm³/mol. The van der Waals surface area contributed by atoms with E-state index >= 15 is 0 Å². The van der Waals surface area contributed by atoms with Gasteiger partial charge in [-0.2, -0.15) is 0 Å². The van der Waals surface area contributed by atoms with Crippen molar-refractivity contribution in [3.63, 3.8) is 0 Å². The highest BCUT2D eigenvalue weighted by Crippen LogP contribution is 2.23. The van der Waals surface area contributed by atoms with Crippen LogP contribution in [0.2, 0.25) is 0 Å². The van der Waals surface area contributed by atoms with Gasteiger partial charge in [-0.1, -0.05) is 0 Å². The fraction of sp³-hybridized carbons (Fsp3) is 0.579. The van der Waals surface area contributed by atoms with E-state index in [1.807, 2.05) is 15.5 Å². The number of rotatable bonds is 3. The van der Waals surface area contributed by atoms with E-state index in [9.17, 15) is 4.79 Å². The van der Waals surface area contributed by atoms with Crippen molar-refractivity contribution in [2.24, 2.45) is 0 Å². The number of piperidine rings is 2. The molecule has 2 aromatic rings. The predicted octanol–water partition coefficient (Wildman–Crippen LogP) is 2.67. The molecular formula is C19H26N6O. The summed E-state index contributed by atoms with van der Waals surface area (Å²) >= 11 is 0. The van der Waals surface area contributed by atoms with E-state index in [0.29, 0.717) is 11.7 Å². The first kappa shape index (κ1) is 17.0. The monoisotopic (exact) mass is 354 g/mol. The molecule has 4 heterocycles. The minimum absolute atomic E-state index is 0.0161. The van der Waals surface area contributed by atoms with Crippen LogP contribution in [0.3, 0.4) is 0 Å². The molecule has 7 heteroatoms. The van der Waals surface area contributed by atoms with Gasteiger partial charge in [-0.05, 0) is 45.4 Å². The summed E-state index contributed by atoms with van der Waals surface area (Å²) in [7, 11) is 0. The Morgan fingerprint density at radius 1 is 1.00 bits per heavy atom. The van der Waals surface area contributed by atoms with Crippen molar-refractivity contribution in [1.82, 2.24) is 24.4 Å². The SMILES string of the molecule is C[C@@H]1CCCCN1c1cc(-n2cnc(C(=O)N3CCCCC3)c2)ncn1. The van der Waals surface area contributed by atoms with Gasteiger partial charge in [-0.3, -0.25) is 9.36 Å².